The number of thiophene rings is 1. The molecule has 5 nitrogen and oxygen atoms in total. The van der Waals surface area contributed by atoms with E-state index in [0.717, 1.165) is 36.2 Å². The quantitative estimate of drug-likeness (QED) is 0.882. The summed E-state index contributed by atoms with van der Waals surface area (Å²) in [7, 11) is 0. The van der Waals surface area contributed by atoms with Gasteiger partial charge >= 0.3 is 0 Å². The minimum Gasteiger partial charge on any atom is -0.356 e. The Morgan fingerprint density at radius 3 is 2.90 bits per heavy atom. The van der Waals surface area contributed by atoms with Gasteiger partial charge in [0.15, 0.2) is 0 Å². The van der Waals surface area contributed by atoms with Gasteiger partial charge in [-0.25, -0.2) is 9.97 Å². The molecule has 0 bridgehead atoms. The fraction of sp³-hybridized carbons (Fsp3) is 0.571. The third-order valence-electron chi connectivity index (χ3n) is 4.52. The summed E-state index contributed by atoms with van der Waals surface area (Å²) in [5.74, 6) is 1.91. The summed E-state index contributed by atoms with van der Waals surface area (Å²) < 4.78 is 0. The Kier molecular flexibility index (Phi) is 3.29. The molecule has 0 aliphatic carbocycles. The second-order valence-corrected chi connectivity index (χ2v) is 6.52. The molecule has 0 spiro atoms. The molecular weight excluding hydrogens is 270 g/mol. The van der Waals surface area contributed by atoms with Crippen LogP contribution in [0.2, 0.25) is 0 Å². The van der Waals surface area contributed by atoms with E-state index in [1.807, 2.05) is 0 Å². The number of nitrogens with zero attached hydrogens (tertiary/aromatic N) is 3. The summed E-state index contributed by atoms with van der Waals surface area (Å²) in [6.07, 6.45) is 5.44. The molecule has 2 aromatic rings. The third kappa shape index (κ3) is 2.17. The first-order valence-electron chi connectivity index (χ1n) is 7.33. The van der Waals surface area contributed by atoms with Gasteiger partial charge in [-0.3, -0.25) is 10.9 Å². The standard InChI is InChI=1S/C14H19N5S/c1-5-17-18-12(1)10-2-6-19(7-3-10)13-11-4-8-20-14(11)16-9-15-13/h4,8-10,12,17-18H,1-3,5-7H2. The number of aromatic nitrogens is 2. The largest absolute Gasteiger partial charge is 0.356 e. The second kappa shape index (κ2) is 5.27. The Labute approximate surface area is 122 Å². The van der Waals surface area contributed by atoms with E-state index in [2.05, 4.69) is 37.2 Å². The van der Waals surface area contributed by atoms with Crippen molar-refractivity contribution in [3.63, 3.8) is 0 Å². The molecular formula is C14H19N5S. The molecule has 0 amide bonds. The van der Waals surface area contributed by atoms with Crippen LogP contribution in [0.5, 0.6) is 0 Å². The lowest BCUT2D eigenvalue weighted by Gasteiger charge is -2.35. The van der Waals surface area contributed by atoms with E-state index < -0.39 is 0 Å². The monoisotopic (exact) mass is 289 g/mol. The van der Waals surface area contributed by atoms with E-state index in [9.17, 15) is 0 Å². The molecule has 2 fully saturated rings. The lowest BCUT2D eigenvalue weighted by atomic mass is 9.88. The van der Waals surface area contributed by atoms with Gasteiger partial charge in [0.1, 0.15) is 17.0 Å². The Hall–Kier alpha value is -1.24. The summed E-state index contributed by atoms with van der Waals surface area (Å²) in [6, 6.07) is 2.80. The Morgan fingerprint density at radius 2 is 2.10 bits per heavy atom. The number of hydrogen-bond donors (Lipinski definition) is 2. The molecule has 4 heterocycles. The number of piperidine rings is 1. The zero-order valence-electron chi connectivity index (χ0n) is 11.4. The summed E-state index contributed by atoms with van der Waals surface area (Å²) >= 11 is 1.69. The fourth-order valence-corrected chi connectivity index (χ4v) is 4.13. The van der Waals surface area contributed by atoms with Gasteiger partial charge in [0.25, 0.3) is 0 Å². The molecule has 2 saturated heterocycles. The van der Waals surface area contributed by atoms with Crippen LogP contribution in [0.4, 0.5) is 5.82 Å². The predicted octanol–water partition coefficient (Wildman–Crippen LogP) is 1.77. The molecule has 2 aliphatic heterocycles. The number of anilines is 1. The van der Waals surface area contributed by atoms with Gasteiger partial charge in [0.05, 0.1) is 5.39 Å². The average molecular weight is 289 g/mol. The van der Waals surface area contributed by atoms with Crippen LogP contribution < -0.4 is 15.8 Å². The summed E-state index contributed by atoms with van der Waals surface area (Å²) in [6.45, 7) is 3.31. The Bertz CT molecular complexity index is 584. The van der Waals surface area contributed by atoms with E-state index in [1.165, 1.54) is 24.6 Å². The van der Waals surface area contributed by atoms with Crippen molar-refractivity contribution < 1.29 is 0 Å². The second-order valence-electron chi connectivity index (χ2n) is 5.63. The lowest BCUT2D eigenvalue weighted by Crippen LogP contribution is -2.43. The Morgan fingerprint density at radius 1 is 1.20 bits per heavy atom. The molecule has 6 heteroatoms. The molecule has 2 aromatic heterocycles. The topological polar surface area (TPSA) is 53.1 Å². The van der Waals surface area contributed by atoms with Crippen molar-refractivity contribution in [2.45, 2.75) is 25.3 Å². The van der Waals surface area contributed by atoms with Gasteiger partial charge in [-0.1, -0.05) is 0 Å². The van der Waals surface area contributed by atoms with Crippen molar-refractivity contribution in [2.24, 2.45) is 5.92 Å². The van der Waals surface area contributed by atoms with E-state index >= 15 is 0 Å². The normalized spacial score (nSPS) is 24.6. The van der Waals surface area contributed by atoms with Crippen LogP contribution >= 0.6 is 11.3 Å². The van der Waals surface area contributed by atoms with Crippen molar-refractivity contribution >= 4 is 27.4 Å². The van der Waals surface area contributed by atoms with E-state index in [0.29, 0.717) is 6.04 Å². The molecule has 1 unspecified atom stereocenters. The maximum Gasteiger partial charge on any atom is 0.140 e. The number of rotatable bonds is 2. The molecule has 0 radical (unpaired) electrons. The first-order valence-corrected chi connectivity index (χ1v) is 8.21. The van der Waals surface area contributed by atoms with Crippen LogP contribution in [0, 0.1) is 5.92 Å². The molecule has 106 valence electrons. The van der Waals surface area contributed by atoms with Crippen molar-refractivity contribution in [3.8, 4) is 0 Å². The van der Waals surface area contributed by atoms with Crippen LogP contribution in [0.15, 0.2) is 17.8 Å². The molecule has 4 rings (SSSR count). The predicted molar refractivity (Wildman–Crippen MR) is 81.9 cm³/mol. The van der Waals surface area contributed by atoms with Crippen LogP contribution in [0.3, 0.4) is 0 Å². The number of nitrogens with one attached hydrogen (secondary N) is 2. The maximum atomic E-state index is 4.52. The van der Waals surface area contributed by atoms with Crippen LogP contribution in [0.1, 0.15) is 19.3 Å². The maximum absolute atomic E-state index is 4.52. The SMILES string of the molecule is c1nc(N2CCC(C3CCNN3)CC2)c2ccsc2n1. The summed E-state index contributed by atoms with van der Waals surface area (Å²) in [5, 5.41) is 3.31. The highest BCUT2D eigenvalue weighted by Gasteiger charge is 2.29. The van der Waals surface area contributed by atoms with Gasteiger partial charge < -0.3 is 4.90 Å². The van der Waals surface area contributed by atoms with Crippen LogP contribution in [-0.2, 0) is 0 Å². The van der Waals surface area contributed by atoms with Gasteiger partial charge in [-0.05, 0) is 36.6 Å². The molecule has 2 N–H and O–H groups in total. The van der Waals surface area contributed by atoms with Gasteiger partial charge in [0, 0.05) is 25.7 Å². The van der Waals surface area contributed by atoms with Gasteiger partial charge in [-0.2, -0.15) is 0 Å². The van der Waals surface area contributed by atoms with E-state index in [-0.39, 0.29) is 0 Å². The summed E-state index contributed by atoms with van der Waals surface area (Å²) in [4.78, 5) is 12.4. The van der Waals surface area contributed by atoms with Crippen molar-refractivity contribution in [1.82, 2.24) is 20.8 Å². The third-order valence-corrected chi connectivity index (χ3v) is 5.34. The van der Waals surface area contributed by atoms with E-state index in [4.69, 9.17) is 0 Å². The summed E-state index contributed by atoms with van der Waals surface area (Å²) in [5.41, 5.74) is 6.66. The van der Waals surface area contributed by atoms with Gasteiger partial charge in [0.2, 0.25) is 0 Å². The smallest absolute Gasteiger partial charge is 0.140 e. The molecule has 0 aromatic carbocycles. The number of hydrogen-bond acceptors (Lipinski definition) is 6. The van der Waals surface area contributed by atoms with Crippen molar-refractivity contribution in [3.05, 3.63) is 17.8 Å². The highest BCUT2D eigenvalue weighted by molar-refractivity contribution is 7.16. The highest BCUT2D eigenvalue weighted by atomic mass is 32.1. The minimum absolute atomic E-state index is 0.656. The van der Waals surface area contributed by atoms with Crippen LogP contribution in [0.25, 0.3) is 10.2 Å². The average Bonchev–Trinajstić information content (AvgIpc) is 3.18. The number of hydrazine groups is 1. The molecule has 20 heavy (non-hydrogen) atoms. The fourth-order valence-electron chi connectivity index (χ4n) is 3.40. The van der Waals surface area contributed by atoms with E-state index in [1.54, 1.807) is 17.7 Å². The zero-order chi connectivity index (χ0) is 13.4. The van der Waals surface area contributed by atoms with Crippen molar-refractivity contribution in [1.29, 1.82) is 0 Å². The first kappa shape index (κ1) is 12.5. The van der Waals surface area contributed by atoms with Gasteiger partial charge in [-0.15, -0.1) is 11.3 Å². The lowest BCUT2D eigenvalue weighted by molar-refractivity contribution is 0.310. The van der Waals surface area contributed by atoms with Crippen molar-refractivity contribution in [2.75, 3.05) is 24.5 Å². The minimum atomic E-state index is 0.656. The number of fused-ring (bicyclic) bond motifs is 1. The first-order chi connectivity index (χ1) is 9.92. The molecule has 1 atom stereocenters. The van der Waals surface area contributed by atoms with Crippen LogP contribution in [-0.4, -0.2) is 35.6 Å². The molecule has 2 aliphatic rings. The zero-order valence-corrected chi connectivity index (χ0v) is 12.2. The molecule has 0 saturated carbocycles. The Balaban J connectivity index is 1.50. The highest BCUT2D eigenvalue weighted by Crippen LogP contribution is 2.31.